The molecule has 0 bridgehead atoms. The van der Waals surface area contributed by atoms with E-state index < -0.39 is 0 Å². The number of nitrogens with zero attached hydrogens (tertiary/aromatic N) is 4. The summed E-state index contributed by atoms with van der Waals surface area (Å²) < 4.78 is 7.95. The molecule has 3 aromatic rings. The van der Waals surface area contributed by atoms with Crippen molar-refractivity contribution in [2.24, 2.45) is 5.92 Å². The highest BCUT2D eigenvalue weighted by molar-refractivity contribution is 7.99. The Morgan fingerprint density at radius 3 is 2.69 bits per heavy atom. The summed E-state index contributed by atoms with van der Waals surface area (Å²) in [6.45, 7) is 9.39. The number of pyridine rings is 1. The lowest BCUT2D eigenvalue weighted by atomic mass is 9.94. The van der Waals surface area contributed by atoms with Crippen LogP contribution in [-0.2, 0) is 16.7 Å². The quantitative estimate of drug-likeness (QED) is 0.597. The summed E-state index contributed by atoms with van der Waals surface area (Å²) in [6, 6.07) is 10.5. The third kappa shape index (κ3) is 4.47. The van der Waals surface area contributed by atoms with Crippen LogP contribution in [0.1, 0.15) is 45.0 Å². The van der Waals surface area contributed by atoms with Crippen LogP contribution in [0.3, 0.4) is 0 Å². The normalized spacial score (nSPS) is 15.5. The minimum atomic E-state index is -0.0253. The second kappa shape index (κ2) is 8.17. The topological polar surface area (TPSA) is 63.7 Å². The van der Waals surface area contributed by atoms with Crippen molar-refractivity contribution in [2.45, 2.75) is 55.4 Å². The molecule has 5 nitrogen and oxygen atoms in total. The molecule has 0 atom stereocenters. The number of benzene rings is 1. The molecule has 1 aromatic carbocycles. The summed E-state index contributed by atoms with van der Waals surface area (Å²) in [5.41, 5.74) is 2.76. The molecule has 3 heterocycles. The maximum absolute atomic E-state index is 9.09. The van der Waals surface area contributed by atoms with Crippen LogP contribution in [0.2, 0.25) is 0 Å². The Morgan fingerprint density at radius 1 is 1.17 bits per heavy atom. The van der Waals surface area contributed by atoms with Crippen LogP contribution in [0.5, 0.6) is 0 Å². The van der Waals surface area contributed by atoms with E-state index in [1.165, 1.54) is 5.52 Å². The molecule has 1 saturated heterocycles. The molecule has 4 rings (SSSR count). The number of rotatable bonds is 4. The van der Waals surface area contributed by atoms with Crippen molar-refractivity contribution in [1.82, 2.24) is 14.5 Å². The first kappa shape index (κ1) is 19.9. The summed E-state index contributed by atoms with van der Waals surface area (Å²) in [5.74, 6) is 1.77. The standard InChI is InChI=1S/C23H26N4OS/c1-23(2,3)22-26-20-11-18(29-19-10-17(12-24)13-25-14-19)4-5-21(20)27(22)15-16-6-8-28-9-7-16/h4-5,10-11,13-14,16H,6-9,15H2,1-3H3. The molecule has 6 heteroatoms. The monoisotopic (exact) mass is 406 g/mol. The number of imidazole rings is 1. The smallest absolute Gasteiger partial charge is 0.115 e. The van der Waals surface area contributed by atoms with Crippen LogP contribution >= 0.6 is 11.8 Å². The number of hydrogen-bond donors (Lipinski definition) is 0. The van der Waals surface area contributed by atoms with Gasteiger partial charge in [-0.25, -0.2) is 4.98 Å². The Balaban J connectivity index is 1.68. The second-order valence-electron chi connectivity index (χ2n) is 8.63. The first-order chi connectivity index (χ1) is 13.9. The van der Waals surface area contributed by atoms with Crippen molar-refractivity contribution in [1.29, 1.82) is 5.26 Å². The first-order valence-corrected chi connectivity index (χ1v) is 10.9. The Hall–Kier alpha value is -2.36. The van der Waals surface area contributed by atoms with E-state index in [-0.39, 0.29) is 5.41 Å². The molecule has 150 valence electrons. The van der Waals surface area contributed by atoms with Crippen LogP contribution in [0.15, 0.2) is 46.5 Å². The third-order valence-electron chi connectivity index (χ3n) is 5.25. The van der Waals surface area contributed by atoms with E-state index in [0.717, 1.165) is 53.7 Å². The van der Waals surface area contributed by atoms with Crippen LogP contribution in [0, 0.1) is 17.2 Å². The predicted molar refractivity (Wildman–Crippen MR) is 115 cm³/mol. The molecule has 1 aliphatic heterocycles. The molecule has 0 aliphatic carbocycles. The van der Waals surface area contributed by atoms with E-state index in [4.69, 9.17) is 15.0 Å². The molecular weight excluding hydrogens is 380 g/mol. The highest BCUT2D eigenvalue weighted by atomic mass is 32.2. The number of aromatic nitrogens is 3. The van der Waals surface area contributed by atoms with Gasteiger partial charge in [-0.05, 0) is 43.0 Å². The molecule has 0 saturated carbocycles. The Morgan fingerprint density at radius 2 is 1.97 bits per heavy atom. The lowest BCUT2D eigenvalue weighted by Gasteiger charge is -2.26. The number of hydrogen-bond acceptors (Lipinski definition) is 5. The van der Waals surface area contributed by atoms with Crippen molar-refractivity contribution < 1.29 is 4.74 Å². The summed E-state index contributed by atoms with van der Waals surface area (Å²) in [7, 11) is 0. The highest BCUT2D eigenvalue weighted by Gasteiger charge is 2.25. The van der Waals surface area contributed by atoms with Gasteiger partial charge in [-0.1, -0.05) is 32.5 Å². The van der Waals surface area contributed by atoms with Crippen molar-refractivity contribution in [3.05, 3.63) is 48.0 Å². The highest BCUT2D eigenvalue weighted by Crippen LogP contribution is 2.33. The first-order valence-electron chi connectivity index (χ1n) is 10.1. The van der Waals surface area contributed by atoms with Crippen molar-refractivity contribution in [2.75, 3.05) is 13.2 Å². The van der Waals surface area contributed by atoms with Gasteiger partial charge < -0.3 is 9.30 Å². The average Bonchev–Trinajstić information content (AvgIpc) is 3.07. The van der Waals surface area contributed by atoms with E-state index in [1.807, 2.05) is 6.07 Å². The molecule has 29 heavy (non-hydrogen) atoms. The molecular formula is C23H26N4OS. The molecule has 0 N–H and O–H groups in total. The van der Waals surface area contributed by atoms with Gasteiger partial charge in [0.1, 0.15) is 11.9 Å². The Bertz CT molecular complexity index is 1050. The minimum Gasteiger partial charge on any atom is -0.381 e. The lowest BCUT2D eigenvalue weighted by molar-refractivity contribution is 0.0611. The summed E-state index contributed by atoms with van der Waals surface area (Å²) in [4.78, 5) is 11.3. The van der Waals surface area contributed by atoms with Gasteiger partial charge in [-0.3, -0.25) is 4.98 Å². The fraction of sp³-hybridized carbons (Fsp3) is 0.435. The fourth-order valence-electron chi connectivity index (χ4n) is 3.79. The molecule has 1 aliphatic rings. The van der Waals surface area contributed by atoms with E-state index in [2.05, 4.69) is 54.6 Å². The van der Waals surface area contributed by atoms with Gasteiger partial charge in [0.25, 0.3) is 0 Å². The van der Waals surface area contributed by atoms with Crippen molar-refractivity contribution in [3.8, 4) is 6.07 Å². The van der Waals surface area contributed by atoms with Crippen LogP contribution in [0.4, 0.5) is 0 Å². The fourth-order valence-corrected chi connectivity index (χ4v) is 4.67. The molecule has 0 amide bonds. The van der Waals surface area contributed by atoms with Gasteiger partial charge in [0.2, 0.25) is 0 Å². The van der Waals surface area contributed by atoms with Crippen LogP contribution < -0.4 is 0 Å². The average molecular weight is 407 g/mol. The number of ether oxygens (including phenoxy) is 1. The second-order valence-corrected chi connectivity index (χ2v) is 9.77. The molecule has 0 unspecified atom stereocenters. The maximum atomic E-state index is 9.09. The maximum Gasteiger partial charge on any atom is 0.115 e. The lowest BCUT2D eigenvalue weighted by Crippen LogP contribution is -2.25. The van der Waals surface area contributed by atoms with E-state index in [9.17, 15) is 0 Å². The Labute approximate surface area is 176 Å². The SMILES string of the molecule is CC(C)(C)c1nc2cc(Sc3cncc(C#N)c3)ccc2n1CC1CCOCC1. The number of nitriles is 1. The largest absolute Gasteiger partial charge is 0.381 e. The van der Waals surface area contributed by atoms with Crippen LogP contribution in [-0.4, -0.2) is 27.7 Å². The van der Waals surface area contributed by atoms with Crippen molar-refractivity contribution in [3.63, 3.8) is 0 Å². The predicted octanol–water partition coefficient (Wildman–Crippen LogP) is 5.18. The molecule has 1 fully saturated rings. The van der Waals surface area contributed by atoms with Gasteiger partial charge in [0.15, 0.2) is 0 Å². The van der Waals surface area contributed by atoms with Gasteiger partial charge in [-0.2, -0.15) is 5.26 Å². The molecule has 0 spiro atoms. The Kier molecular flexibility index (Phi) is 5.62. The zero-order chi connectivity index (χ0) is 20.4. The molecule has 2 aromatic heterocycles. The zero-order valence-electron chi connectivity index (χ0n) is 17.2. The minimum absolute atomic E-state index is 0.0253. The van der Waals surface area contributed by atoms with Gasteiger partial charge in [-0.15, -0.1) is 0 Å². The van der Waals surface area contributed by atoms with Gasteiger partial charge in [0, 0.05) is 47.4 Å². The van der Waals surface area contributed by atoms with Gasteiger partial charge >= 0.3 is 0 Å². The summed E-state index contributed by atoms with van der Waals surface area (Å²) in [6.07, 6.45) is 5.60. The van der Waals surface area contributed by atoms with E-state index >= 15 is 0 Å². The van der Waals surface area contributed by atoms with Crippen LogP contribution in [0.25, 0.3) is 11.0 Å². The number of fused-ring (bicyclic) bond motifs is 1. The zero-order valence-corrected chi connectivity index (χ0v) is 18.0. The van der Waals surface area contributed by atoms with E-state index in [1.54, 1.807) is 24.2 Å². The summed E-state index contributed by atoms with van der Waals surface area (Å²) in [5, 5.41) is 9.09. The van der Waals surface area contributed by atoms with Crippen molar-refractivity contribution >= 4 is 22.8 Å². The third-order valence-corrected chi connectivity index (χ3v) is 6.20. The van der Waals surface area contributed by atoms with E-state index in [0.29, 0.717) is 11.5 Å². The summed E-state index contributed by atoms with van der Waals surface area (Å²) >= 11 is 1.61. The molecule has 0 radical (unpaired) electrons. The van der Waals surface area contributed by atoms with Gasteiger partial charge in [0.05, 0.1) is 16.6 Å².